The monoisotopic (exact) mass is 791 g/mol. The van der Waals surface area contributed by atoms with Crippen molar-refractivity contribution in [3.63, 3.8) is 0 Å². The topological polar surface area (TPSA) is 194 Å². The average molecular weight is 792 g/mol. The molecule has 3 aromatic carbocycles. The first-order valence-corrected chi connectivity index (χ1v) is 18.7. The van der Waals surface area contributed by atoms with Gasteiger partial charge in [0.05, 0.1) is 19.8 Å². The van der Waals surface area contributed by atoms with Crippen molar-refractivity contribution in [2.24, 2.45) is 0 Å². The average Bonchev–Trinajstić information content (AvgIpc) is 3.19. The van der Waals surface area contributed by atoms with E-state index in [4.69, 9.17) is 28.4 Å². The number of esters is 3. The van der Waals surface area contributed by atoms with E-state index in [0.29, 0.717) is 5.56 Å². The van der Waals surface area contributed by atoms with Crippen LogP contribution in [0, 0.1) is 0 Å². The Morgan fingerprint density at radius 2 is 1.05 bits per heavy atom. The highest BCUT2D eigenvalue weighted by Crippen LogP contribution is 2.11. The van der Waals surface area contributed by atoms with Crippen LogP contribution in [-0.2, 0) is 72.2 Å². The lowest BCUT2D eigenvalue weighted by atomic mass is 10.1. The van der Waals surface area contributed by atoms with Gasteiger partial charge in [-0.05, 0) is 50.3 Å². The molecule has 0 saturated heterocycles. The third-order valence-corrected chi connectivity index (χ3v) is 7.76. The summed E-state index contributed by atoms with van der Waals surface area (Å²) in [5.41, 5.74) is 1.63. The molecule has 3 aromatic rings. The Bertz CT molecular complexity index is 1680. The van der Waals surface area contributed by atoms with E-state index >= 15 is 0 Å². The number of amides is 3. The van der Waals surface area contributed by atoms with Crippen LogP contribution in [0.25, 0.3) is 0 Å². The number of carbonyl (C=O) groups excluding carboxylic acids is 6. The highest BCUT2D eigenvalue weighted by atomic mass is 16.6. The molecule has 0 bridgehead atoms. The number of hydrogen-bond acceptors (Lipinski definition) is 12. The molecule has 0 saturated carbocycles. The summed E-state index contributed by atoms with van der Waals surface area (Å²) in [6.45, 7) is 5.30. The van der Waals surface area contributed by atoms with Crippen LogP contribution in [0.1, 0.15) is 63.1 Å². The molecule has 0 fully saturated rings. The molecule has 0 aliphatic rings. The number of nitrogens with one attached hydrogen (secondary N) is 3. The van der Waals surface area contributed by atoms with Crippen LogP contribution in [0.2, 0.25) is 0 Å². The highest BCUT2D eigenvalue weighted by molar-refractivity contribution is 5.91. The maximum atomic E-state index is 13.7. The Morgan fingerprint density at radius 1 is 0.579 bits per heavy atom. The molecule has 15 nitrogen and oxygen atoms in total. The predicted octanol–water partition coefficient (Wildman–Crippen LogP) is 4.30. The first-order valence-electron chi connectivity index (χ1n) is 18.7. The summed E-state index contributed by atoms with van der Waals surface area (Å²) in [6, 6.07) is 24.4. The number of benzene rings is 3. The van der Waals surface area contributed by atoms with E-state index in [1.165, 1.54) is 0 Å². The fourth-order valence-electron chi connectivity index (χ4n) is 4.92. The van der Waals surface area contributed by atoms with Crippen molar-refractivity contribution in [3.8, 4) is 0 Å². The zero-order valence-electron chi connectivity index (χ0n) is 32.7. The first kappa shape index (κ1) is 45.6. The van der Waals surface area contributed by atoms with E-state index in [2.05, 4.69) is 16.0 Å². The summed E-state index contributed by atoms with van der Waals surface area (Å²) in [6.07, 6.45) is -1.38. The molecule has 3 N–H and O–H groups in total. The van der Waals surface area contributed by atoms with Crippen molar-refractivity contribution >= 4 is 35.8 Å². The van der Waals surface area contributed by atoms with Crippen LogP contribution >= 0.6 is 0 Å². The van der Waals surface area contributed by atoms with Gasteiger partial charge in [0.1, 0.15) is 44.1 Å². The molecule has 0 aliphatic heterocycles. The van der Waals surface area contributed by atoms with Gasteiger partial charge >= 0.3 is 24.0 Å². The van der Waals surface area contributed by atoms with Gasteiger partial charge in [-0.3, -0.25) is 19.2 Å². The number of rotatable bonds is 24. The number of hydrogen-bond donors (Lipinski definition) is 3. The van der Waals surface area contributed by atoms with Crippen molar-refractivity contribution < 1.29 is 57.2 Å². The predicted molar refractivity (Wildman–Crippen MR) is 207 cm³/mol. The fraction of sp³-hybridized carbons (Fsp3) is 0.429. The van der Waals surface area contributed by atoms with E-state index in [0.717, 1.165) is 11.1 Å². The van der Waals surface area contributed by atoms with Gasteiger partial charge in [0, 0.05) is 19.4 Å². The first-order chi connectivity index (χ1) is 27.4. The maximum Gasteiger partial charge on any atom is 0.407 e. The standard InChI is InChI=1S/C42H53N3O12/c1-42(2,3)57-41(51)43-23-24-52-25-26-53-30-36(46)44-34(19-21-37(47)54-27-31-13-7-4-8-14-31)39(49)45-35(40(50)56-29-33-17-11-6-12-18-33)20-22-38(48)55-28-32-15-9-5-10-16-32/h4-18,34-35H,19-30H2,1-3H3,(H,43,51)(H,44,46)(H,45,49). The minimum atomic E-state index is -1.30. The lowest BCUT2D eigenvalue weighted by molar-refractivity contribution is -0.151. The minimum Gasteiger partial charge on any atom is -0.461 e. The molecule has 15 heteroatoms. The van der Waals surface area contributed by atoms with Gasteiger partial charge in [0.25, 0.3) is 0 Å². The SMILES string of the molecule is CC(C)(C)OC(=O)NCCOCCOCC(=O)NC(CCC(=O)OCc1ccccc1)C(=O)NC(CCC(=O)OCc1ccccc1)C(=O)OCc1ccccc1. The van der Waals surface area contributed by atoms with Gasteiger partial charge in [-0.15, -0.1) is 0 Å². The molecule has 0 aromatic heterocycles. The van der Waals surface area contributed by atoms with Crippen molar-refractivity contribution in [1.29, 1.82) is 0 Å². The Kier molecular flexibility index (Phi) is 20.3. The molecule has 3 amide bonds. The van der Waals surface area contributed by atoms with E-state index in [-0.39, 0.29) is 71.9 Å². The summed E-state index contributed by atoms with van der Waals surface area (Å²) in [5, 5.41) is 7.72. The summed E-state index contributed by atoms with van der Waals surface area (Å²) < 4.78 is 32.2. The van der Waals surface area contributed by atoms with Crippen molar-refractivity contribution in [1.82, 2.24) is 16.0 Å². The van der Waals surface area contributed by atoms with Gasteiger partial charge in [-0.2, -0.15) is 0 Å². The van der Waals surface area contributed by atoms with Gasteiger partial charge in [-0.1, -0.05) is 91.0 Å². The normalized spacial score (nSPS) is 12.0. The summed E-state index contributed by atoms with van der Waals surface area (Å²) in [5.74, 6) is -3.48. The lowest BCUT2D eigenvalue weighted by Gasteiger charge is -2.22. The van der Waals surface area contributed by atoms with Crippen LogP contribution in [0.3, 0.4) is 0 Å². The van der Waals surface area contributed by atoms with Crippen molar-refractivity contribution in [2.75, 3.05) is 33.0 Å². The quantitative estimate of drug-likeness (QED) is 0.0663. The van der Waals surface area contributed by atoms with Gasteiger partial charge in [-0.25, -0.2) is 9.59 Å². The molecule has 57 heavy (non-hydrogen) atoms. The maximum absolute atomic E-state index is 13.7. The second-order valence-corrected chi connectivity index (χ2v) is 13.7. The molecule has 3 rings (SSSR count). The molecule has 0 heterocycles. The van der Waals surface area contributed by atoms with Gasteiger partial charge in [0.15, 0.2) is 0 Å². The third kappa shape index (κ3) is 20.6. The van der Waals surface area contributed by atoms with Gasteiger partial charge in [0.2, 0.25) is 11.8 Å². The molecule has 0 radical (unpaired) electrons. The Balaban J connectivity index is 1.59. The fourth-order valence-corrected chi connectivity index (χ4v) is 4.92. The van der Waals surface area contributed by atoms with Gasteiger partial charge < -0.3 is 44.4 Å². The molecule has 308 valence electrons. The van der Waals surface area contributed by atoms with E-state index < -0.39 is 60.1 Å². The van der Waals surface area contributed by atoms with E-state index in [1.54, 1.807) is 69.3 Å². The number of ether oxygens (including phenoxy) is 6. The molecular weight excluding hydrogens is 738 g/mol. The lowest BCUT2D eigenvalue weighted by Crippen LogP contribution is -2.52. The second kappa shape index (κ2) is 25.4. The van der Waals surface area contributed by atoms with Crippen LogP contribution in [-0.4, -0.2) is 86.5 Å². The zero-order chi connectivity index (χ0) is 41.3. The molecule has 2 atom stereocenters. The molecule has 2 unspecified atom stereocenters. The zero-order valence-corrected chi connectivity index (χ0v) is 32.7. The summed E-state index contributed by atoms with van der Waals surface area (Å²) >= 11 is 0. The molecule has 0 spiro atoms. The van der Waals surface area contributed by atoms with Crippen molar-refractivity contribution in [2.45, 2.75) is 84.0 Å². The Labute approximate surface area is 333 Å². The van der Waals surface area contributed by atoms with Crippen LogP contribution in [0.5, 0.6) is 0 Å². The molecule has 0 aliphatic carbocycles. The molecular formula is C42H53N3O12. The van der Waals surface area contributed by atoms with E-state index in [9.17, 15) is 28.8 Å². The number of alkyl carbamates (subject to hydrolysis) is 1. The minimum absolute atomic E-state index is 0.0194. The van der Waals surface area contributed by atoms with Crippen LogP contribution < -0.4 is 16.0 Å². The van der Waals surface area contributed by atoms with Crippen LogP contribution in [0.15, 0.2) is 91.0 Å². The Hall–Kier alpha value is -5.80. The van der Waals surface area contributed by atoms with Crippen LogP contribution in [0.4, 0.5) is 4.79 Å². The largest absolute Gasteiger partial charge is 0.461 e. The smallest absolute Gasteiger partial charge is 0.407 e. The summed E-state index contributed by atoms with van der Waals surface area (Å²) in [7, 11) is 0. The highest BCUT2D eigenvalue weighted by Gasteiger charge is 2.29. The van der Waals surface area contributed by atoms with E-state index in [1.807, 2.05) is 42.5 Å². The second-order valence-electron chi connectivity index (χ2n) is 13.7. The Morgan fingerprint density at radius 3 is 1.56 bits per heavy atom. The third-order valence-electron chi connectivity index (χ3n) is 7.76. The van der Waals surface area contributed by atoms with Crippen molar-refractivity contribution in [3.05, 3.63) is 108 Å². The summed E-state index contributed by atoms with van der Waals surface area (Å²) in [4.78, 5) is 77.0. The number of carbonyl (C=O) groups is 6.